The summed E-state index contributed by atoms with van der Waals surface area (Å²) in [5, 5.41) is 0. The second kappa shape index (κ2) is 17.6. The number of carbonyl (C=O) groups is 1. The molecule has 4 heteroatoms. The molecule has 0 rings (SSSR count). The zero-order chi connectivity index (χ0) is 10.4. The Morgan fingerprint density at radius 1 is 1.23 bits per heavy atom. The Labute approximate surface area is 81.9 Å². The molecule has 4 nitrogen and oxygen atoms in total. The van der Waals surface area contributed by atoms with Crippen LogP contribution in [0.1, 0.15) is 21.7 Å². The van der Waals surface area contributed by atoms with Gasteiger partial charge in [0.05, 0.1) is 19.8 Å². The summed E-state index contributed by atoms with van der Waals surface area (Å²) in [5.41, 5.74) is 5.15. The number of rotatable bonds is 7. The molecule has 0 saturated heterocycles. The molecule has 0 radical (unpaired) electrons. The molecule has 0 aromatic heterocycles. The molecule has 0 bridgehead atoms. The summed E-state index contributed by atoms with van der Waals surface area (Å²) in [6.07, 6.45) is 1.96. The van der Waals surface area contributed by atoms with Crippen molar-refractivity contribution >= 4 is 6.29 Å². The van der Waals surface area contributed by atoms with Crippen LogP contribution in [0, 0.1) is 0 Å². The summed E-state index contributed by atoms with van der Waals surface area (Å²) < 4.78 is 9.76. The van der Waals surface area contributed by atoms with E-state index in [1.807, 2.05) is 0 Å². The molecule has 0 aliphatic rings. The van der Waals surface area contributed by atoms with Gasteiger partial charge >= 0.3 is 0 Å². The maximum Gasteiger partial charge on any atom is 0.145 e. The van der Waals surface area contributed by atoms with E-state index in [9.17, 15) is 4.79 Å². The highest BCUT2D eigenvalue weighted by Crippen LogP contribution is 1.74. The van der Waals surface area contributed by atoms with Crippen LogP contribution < -0.4 is 5.73 Å². The van der Waals surface area contributed by atoms with Crippen LogP contribution in [0.15, 0.2) is 0 Å². The summed E-state index contributed by atoms with van der Waals surface area (Å²) >= 11 is 0. The van der Waals surface area contributed by atoms with Gasteiger partial charge in [-0.05, 0) is 0 Å². The van der Waals surface area contributed by atoms with Crippen LogP contribution in [-0.4, -0.2) is 39.3 Å². The van der Waals surface area contributed by atoms with E-state index in [1.54, 1.807) is 0 Å². The lowest BCUT2D eigenvalue weighted by Crippen LogP contribution is -2.12. The monoisotopic (exact) mass is 193 g/mol. The third-order valence-electron chi connectivity index (χ3n) is 0.820. The number of hydrogen-bond acceptors (Lipinski definition) is 4. The Kier molecular flexibility index (Phi) is 20.3. The quantitative estimate of drug-likeness (QED) is 0.481. The minimum absolute atomic E-state index is 0. The first-order valence-corrected chi connectivity index (χ1v) is 4.62. The van der Waals surface area contributed by atoms with Crippen LogP contribution in [0.2, 0.25) is 0 Å². The lowest BCUT2D eigenvalue weighted by Gasteiger charge is -2.00. The molecule has 82 valence electrons. The van der Waals surface area contributed by atoms with E-state index in [1.165, 1.54) is 6.42 Å². The molecule has 0 spiro atoms. The maximum atomic E-state index is 9.71. The molecular weight excluding hydrogens is 170 g/mol. The van der Waals surface area contributed by atoms with Crippen LogP contribution in [0.5, 0.6) is 0 Å². The normalized spacial score (nSPS) is 8.85. The third kappa shape index (κ3) is 24.6. The Morgan fingerprint density at radius 2 is 1.77 bits per heavy atom. The molecular formula is C9H23NO3. The molecule has 0 fully saturated rings. The summed E-state index contributed by atoms with van der Waals surface area (Å²) in [6, 6.07) is 0. The van der Waals surface area contributed by atoms with Crippen LogP contribution in [-0.2, 0) is 14.3 Å². The van der Waals surface area contributed by atoms with Gasteiger partial charge in [-0.25, -0.2) is 0 Å². The molecule has 0 atom stereocenters. The lowest BCUT2D eigenvalue weighted by atomic mass is 10.6. The van der Waals surface area contributed by atoms with Gasteiger partial charge in [0.2, 0.25) is 0 Å². The lowest BCUT2D eigenvalue weighted by molar-refractivity contribution is -0.112. The Hall–Kier alpha value is -0.450. The number of ether oxygens (including phenoxy) is 2. The Morgan fingerprint density at radius 3 is 2.23 bits per heavy atom. The summed E-state index contributed by atoms with van der Waals surface area (Å²) in [7, 11) is 0. The van der Waals surface area contributed by atoms with Crippen molar-refractivity contribution in [1.29, 1.82) is 0 Å². The fraction of sp³-hybridized carbons (Fsp3) is 0.889. The van der Waals surface area contributed by atoms with Gasteiger partial charge in [-0.1, -0.05) is 20.3 Å². The van der Waals surface area contributed by atoms with Crippen molar-refractivity contribution in [2.45, 2.75) is 20.3 Å². The van der Waals surface area contributed by atoms with Crippen molar-refractivity contribution in [1.82, 2.24) is 0 Å². The number of nitrogens with two attached hydrogens (primary N) is 1. The molecule has 0 aromatic rings. The SMILES string of the molecule is CCC.NCCOCCOCC=O.[HH]. The van der Waals surface area contributed by atoms with E-state index < -0.39 is 0 Å². The Balaban J connectivity index is -0.000000267. The fourth-order valence-electron chi connectivity index (χ4n) is 0.435. The van der Waals surface area contributed by atoms with Gasteiger partial charge in [0, 0.05) is 7.97 Å². The Bertz CT molecular complexity index is 94.1. The van der Waals surface area contributed by atoms with Crippen molar-refractivity contribution in [2.75, 3.05) is 33.0 Å². The van der Waals surface area contributed by atoms with Crippen molar-refractivity contribution in [3.8, 4) is 0 Å². The molecule has 0 heterocycles. The first-order chi connectivity index (χ1) is 6.33. The van der Waals surface area contributed by atoms with E-state index in [2.05, 4.69) is 13.8 Å². The molecule has 0 saturated carbocycles. The smallest absolute Gasteiger partial charge is 0.145 e. The van der Waals surface area contributed by atoms with Crippen molar-refractivity contribution < 1.29 is 15.7 Å². The summed E-state index contributed by atoms with van der Waals surface area (Å²) in [6.45, 7) is 6.42. The van der Waals surface area contributed by atoms with Gasteiger partial charge in [0.15, 0.2) is 0 Å². The minimum Gasteiger partial charge on any atom is -0.378 e. The van der Waals surface area contributed by atoms with E-state index in [0.29, 0.717) is 32.7 Å². The van der Waals surface area contributed by atoms with Crippen LogP contribution in [0.4, 0.5) is 0 Å². The maximum absolute atomic E-state index is 9.71. The van der Waals surface area contributed by atoms with Gasteiger partial charge in [-0.15, -0.1) is 0 Å². The first kappa shape index (κ1) is 15.0. The van der Waals surface area contributed by atoms with Crippen LogP contribution in [0.25, 0.3) is 0 Å². The highest BCUT2D eigenvalue weighted by atomic mass is 16.5. The predicted octanol–water partition coefficient (Wildman–Crippen LogP) is 0.840. The molecule has 2 N–H and O–H groups in total. The topological polar surface area (TPSA) is 61.6 Å². The van der Waals surface area contributed by atoms with Crippen molar-refractivity contribution in [3.05, 3.63) is 0 Å². The largest absolute Gasteiger partial charge is 0.378 e. The number of aldehydes is 1. The standard InChI is InChI=1S/C6H13NO3.C3H8.H2/c7-1-3-9-5-6-10-4-2-8;1-3-2;/h2H,1,3-7H2;3H2,1-2H3;1H. The van der Waals surface area contributed by atoms with E-state index in [0.717, 1.165) is 0 Å². The second-order valence-corrected chi connectivity index (χ2v) is 2.35. The zero-order valence-electron chi connectivity index (χ0n) is 8.62. The van der Waals surface area contributed by atoms with Gasteiger partial charge in [-0.3, -0.25) is 0 Å². The average molecular weight is 193 g/mol. The molecule has 0 amide bonds. The van der Waals surface area contributed by atoms with Crippen LogP contribution in [0.3, 0.4) is 0 Å². The molecule has 0 aromatic carbocycles. The molecule has 0 aliphatic carbocycles. The van der Waals surface area contributed by atoms with Gasteiger partial charge in [0.25, 0.3) is 0 Å². The van der Waals surface area contributed by atoms with Gasteiger partial charge in [0.1, 0.15) is 12.9 Å². The minimum atomic E-state index is 0. The number of hydrogen-bond donors (Lipinski definition) is 1. The second-order valence-electron chi connectivity index (χ2n) is 2.35. The predicted molar refractivity (Wildman–Crippen MR) is 54.8 cm³/mol. The number of carbonyl (C=O) groups excluding carboxylic acids is 1. The summed E-state index contributed by atoms with van der Waals surface area (Å²) in [5.74, 6) is 0. The van der Waals surface area contributed by atoms with E-state index in [-0.39, 0.29) is 8.03 Å². The first-order valence-electron chi connectivity index (χ1n) is 4.62. The van der Waals surface area contributed by atoms with E-state index >= 15 is 0 Å². The molecule has 0 aliphatic heterocycles. The van der Waals surface area contributed by atoms with Gasteiger partial charge < -0.3 is 20.0 Å². The highest BCUT2D eigenvalue weighted by molar-refractivity contribution is 5.50. The molecule has 0 unspecified atom stereocenters. The van der Waals surface area contributed by atoms with E-state index in [4.69, 9.17) is 15.2 Å². The fourth-order valence-corrected chi connectivity index (χ4v) is 0.435. The van der Waals surface area contributed by atoms with Crippen LogP contribution >= 0.6 is 0 Å². The van der Waals surface area contributed by atoms with Crippen molar-refractivity contribution in [2.24, 2.45) is 5.73 Å². The highest BCUT2D eigenvalue weighted by Gasteiger charge is 1.85. The summed E-state index contributed by atoms with van der Waals surface area (Å²) in [4.78, 5) is 9.71. The molecule has 13 heavy (non-hydrogen) atoms. The van der Waals surface area contributed by atoms with Gasteiger partial charge in [-0.2, -0.15) is 0 Å². The average Bonchev–Trinajstić information content (AvgIpc) is 2.13. The third-order valence-corrected chi connectivity index (χ3v) is 0.820. The van der Waals surface area contributed by atoms with Crippen molar-refractivity contribution in [3.63, 3.8) is 0 Å². The zero-order valence-corrected chi connectivity index (χ0v) is 8.62.